The van der Waals surface area contributed by atoms with E-state index in [1.54, 1.807) is 12.1 Å². The van der Waals surface area contributed by atoms with E-state index in [1.165, 1.54) is 6.07 Å². The third-order valence-electron chi connectivity index (χ3n) is 2.84. The standard InChI is InChI=1S/C14H10O3S/c15-14-5-4-11-7-12-9-18(16)6-2-1-3-10(12)8-13(11)17-14/h4-5,7-8H,2,6,9H2. The molecule has 3 rings (SSSR count). The summed E-state index contributed by atoms with van der Waals surface area (Å²) in [6.07, 6.45) is 0.642. The zero-order chi connectivity index (χ0) is 12.5. The molecule has 1 aromatic heterocycles. The topological polar surface area (TPSA) is 47.3 Å². The van der Waals surface area contributed by atoms with E-state index in [1.807, 2.05) is 6.07 Å². The van der Waals surface area contributed by atoms with Gasteiger partial charge in [0.15, 0.2) is 0 Å². The van der Waals surface area contributed by atoms with Crippen molar-refractivity contribution in [1.29, 1.82) is 0 Å². The smallest absolute Gasteiger partial charge is 0.336 e. The Morgan fingerprint density at radius 2 is 2.17 bits per heavy atom. The molecule has 0 spiro atoms. The molecular formula is C14H10O3S. The summed E-state index contributed by atoms with van der Waals surface area (Å²) >= 11 is 0. The second kappa shape index (κ2) is 4.43. The lowest BCUT2D eigenvalue weighted by atomic mass is 10.1. The van der Waals surface area contributed by atoms with Crippen LogP contribution in [0.3, 0.4) is 0 Å². The van der Waals surface area contributed by atoms with Crippen LogP contribution in [0.4, 0.5) is 0 Å². The Hall–Kier alpha value is -1.86. The van der Waals surface area contributed by atoms with Gasteiger partial charge in [-0.05, 0) is 23.8 Å². The minimum absolute atomic E-state index is 0.371. The maximum absolute atomic E-state index is 11.8. The first-order valence-electron chi connectivity index (χ1n) is 5.63. The molecule has 0 N–H and O–H groups in total. The van der Waals surface area contributed by atoms with Gasteiger partial charge in [0.25, 0.3) is 0 Å². The quantitative estimate of drug-likeness (QED) is 0.534. The van der Waals surface area contributed by atoms with Gasteiger partial charge in [0.1, 0.15) is 5.58 Å². The largest absolute Gasteiger partial charge is 0.423 e. The van der Waals surface area contributed by atoms with Crippen LogP contribution in [0.1, 0.15) is 17.5 Å². The van der Waals surface area contributed by atoms with E-state index in [-0.39, 0.29) is 5.63 Å². The van der Waals surface area contributed by atoms with E-state index in [2.05, 4.69) is 11.8 Å². The van der Waals surface area contributed by atoms with Crippen LogP contribution in [0, 0.1) is 11.8 Å². The summed E-state index contributed by atoms with van der Waals surface area (Å²) in [5.41, 5.74) is 1.93. The number of benzene rings is 1. The molecule has 0 amide bonds. The summed E-state index contributed by atoms with van der Waals surface area (Å²) in [7, 11) is -0.872. The fraction of sp³-hybridized carbons (Fsp3) is 0.214. The van der Waals surface area contributed by atoms with Gasteiger partial charge in [-0.15, -0.1) is 0 Å². The number of hydrogen-bond donors (Lipinski definition) is 0. The molecule has 3 nitrogen and oxygen atoms in total. The first-order valence-corrected chi connectivity index (χ1v) is 7.12. The molecule has 18 heavy (non-hydrogen) atoms. The van der Waals surface area contributed by atoms with Gasteiger partial charge in [0, 0.05) is 45.7 Å². The van der Waals surface area contributed by atoms with Crippen LogP contribution in [0.2, 0.25) is 0 Å². The molecule has 0 fully saturated rings. The van der Waals surface area contributed by atoms with Crippen LogP contribution in [0.15, 0.2) is 33.5 Å². The highest BCUT2D eigenvalue weighted by Crippen LogP contribution is 2.21. The van der Waals surface area contributed by atoms with Crippen molar-refractivity contribution in [2.24, 2.45) is 0 Å². The number of fused-ring (bicyclic) bond motifs is 2. The second-order valence-corrected chi connectivity index (χ2v) is 5.72. The Labute approximate surface area is 106 Å². The van der Waals surface area contributed by atoms with E-state index in [9.17, 15) is 9.00 Å². The van der Waals surface area contributed by atoms with Gasteiger partial charge in [-0.3, -0.25) is 4.21 Å². The van der Waals surface area contributed by atoms with Gasteiger partial charge in [-0.1, -0.05) is 11.8 Å². The lowest BCUT2D eigenvalue weighted by molar-refractivity contribution is 0.561. The van der Waals surface area contributed by atoms with Gasteiger partial charge in [-0.2, -0.15) is 0 Å². The van der Waals surface area contributed by atoms with Gasteiger partial charge >= 0.3 is 5.63 Å². The summed E-state index contributed by atoms with van der Waals surface area (Å²) in [4.78, 5) is 11.2. The fourth-order valence-electron chi connectivity index (χ4n) is 1.97. The van der Waals surface area contributed by atoms with Gasteiger partial charge in [0.05, 0.1) is 0 Å². The predicted octanol–water partition coefficient (Wildman–Crippen LogP) is 1.80. The van der Waals surface area contributed by atoms with Crippen molar-refractivity contribution in [2.75, 3.05) is 5.75 Å². The maximum atomic E-state index is 11.8. The average Bonchev–Trinajstić information content (AvgIpc) is 2.33. The van der Waals surface area contributed by atoms with Crippen LogP contribution >= 0.6 is 0 Å². The van der Waals surface area contributed by atoms with E-state index < -0.39 is 10.8 Å². The molecule has 0 saturated carbocycles. The van der Waals surface area contributed by atoms with E-state index in [4.69, 9.17) is 4.42 Å². The van der Waals surface area contributed by atoms with Crippen LogP contribution in [-0.2, 0) is 16.6 Å². The first kappa shape index (κ1) is 11.2. The molecule has 1 unspecified atom stereocenters. The van der Waals surface area contributed by atoms with Crippen molar-refractivity contribution in [3.8, 4) is 11.8 Å². The molecule has 0 aliphatic carbocycles. The van der Waals surface area contributed by atoms with Crippen molar-refractivity contribution in [1.82, 2.24) is 0 Å². The van der Waals surface area contributed by atoms with Crippen molar-refractivity contribution in [2.45, 2.75) is 12.2 Å². The molecule has 0 radical (unpaired) electrons. The van der Waals surface area contributed by atoms with Gasteiger partial charge in [0.2, 0.25) is 0 Å². The average molecular weight is 258 g/mol. The fourth-order valence-corrected chi connectivity index (χ4v) is 3.03. The Kier molecular flexibility index (Phi) is 2.77. The molecule has 1 atom stereocenters. The zero-order valence-electron chi connectivity index (χ0n) is 9.56. The van der Waals surface area contributed by atoms with Crippen molar-refractivity contribution < 1.29 is 8.63 Å². The molecular weight excluding hydrogens is 248 g/mol. The molecule has 2 heterocycles. The third-order valence-corrected chi connectivity index (χ3v) is 4.13. The minimum Gasteiger partial charge on any atom is -0.423 e. The van der Waals surface area contributed by atoms with Crippen molar-refractivity contribution in [3.63, 3.8) is 0 Å². The minimum atomic E-state index is -0.872. The van der Waals surface area contributed by atoms with Crippen molar-refractivity contribution in [3.05, 3.63) is 45.8 Å². The van der Waals surface area contributed by atoms with E-state index in [0.29, 0.717) is 23.5 Å². The number of hydrogen-bond acceptors (Lipinski definition) is 3. The van der Waals surface area contributed by atoms with E-state index >= 15 is 0 Å². The molecule has 1 aliphatic heterocycles. The molecule has 2 aromatic rings. The first-order chi connectivity index (χ1) is 8.72. The third kappa shape index (κ3) is 2.09. The van der Waals surface area contributed by atoms with Crippen LogP contribution in [-0.4, -0.2) is 9.96 Å². The highest BCUT2D eigenvalue weighted by molar-refractivity contribution is 7.84. The molecule has 90 valence electrons. The summed E-state index contributed by atoms with van der Waals surface area (Å²) in [6.45, 7) is 0. The summed E-state index contributed by atoms with van der Waals surface area (Å²) in [5.74, 6) is 7.17. The monoisotopic (exact) mass is 258 g/mol. The Bertz CT molecular complexity index is 762. The Morgan fingerprint density at radius 3 is 3.06 bits per heavy atom. The van der Waals surface area contributed by atoms with E-state index in [0.717, 1.165) is 16.5 Å². The molecule has 0 bridgehead atoms. The molecule has 1 aromatic carbocycles. The molecule has 1 aliphatic rings. The highest BCUT2D eigenvalue weighted by Gasteiger charge is 2.10. The molecule has 0 saturated heterocycles. The van der Waals surface area contributed by atoms with Crippen LogP contribution in [0.5, 0.6) is 0 Å². The predicted molar refractivity (Wildman–Crippen MR) is 70.7 cm³/mol. The van der Waals surface area contributed by atoms with Gasteiger partial charge < -0.3 is 4.42 Å². The van der Waals surface area contributed by atoms with Crippen LogP contribution in [0.25, 0.3) is 11.0 Å². The summed E-state index contributed by atoms with van der Waals surface area (Å²) in [5, 5.41) is 0.840. The molecule has 4 heteroatoms. The van der Waals surface area contributed by atoms with Crippen molar-refractivity contribution >= 4 is 21.8 Å². The number of rotatable bonds is 0. The Morgan fingerprint density at radius 1 is 1.28 bits per heavy atom. The lowest BCUT2D eigenvalue weighted by Crippen LogP contribution is -2.05. The SMILES string of the molecule is O=c1ccc2cc3c(cc2o1)C#CCCS(=O)C3. The Balaban J connectivity index is 2.27. The highest BCUT2D eigenvalue weighted by atomic mass is 32.2. The second-order valence-electron chi connectivity index (χ2n) is 4.14. The lowest BCUT2D eigenvalue weighted by Gasteiger charge is -2.08. The summed E-state index contributed by atoms with van der Waals surface area (Å²) in [6, 6.07) is 6.78. The normalized spacial score (nSPS) is 18.3. The zero-order valence-corrected chi connectivity index (χ0v) is 10.4. The van der Waals surface area contributed by atoms with Crippen LogP contribution < -0.4 is 5.63 Å². The summed E-state index contributed by atoms with van der Waals surface area (Å²) < 4.78 is 16.9. The maximum Gasteiger partial charge on any atom is 0.336 e. The van der Waals surface area contributed by atoms with Gasteiger partial charge in [-0.25, -0.2) is 4.79 Å².